The molecule has 1 aromatic carbocycles. The van der Waals surface area contributed by atoms with E-state index in [0.717, 1.165) is 11.3 Å². The van der Waals surface area contributed by atoms with Crippen molar-refractivity contribution in [3.8, 4) is 5.75 Å². The second kappa shape index (κ2) is 6.74. The Morgan fingerprint density at radius 1 is 1.10 bits per heavy atom. The third-order valence-corrected chi connectivity index (χ3v) is 8.34. The van der Waals surface area contributed by atoms with Crippen LogP contribution in [-0.4, -0.2) is 22.2 Å². The Kier molecular flexibility index (Phi) is 5.80. The van der Waals surface area contributed by atoms with Crippen LogP contribution in [0.3, 0.4) is 0 Å². The van der Waals surface area contributed by atoms with E-state index >= 15 is 0 Å². The second-order valence-corrected chi connectivity index (χ2v) is 11.6. The van der Waals surface area contributed by atoms with Gasteiger partial charge in [0.05, 0.1) is 6.61 Å². The Hall–Kier alpha value is -0.843. The van der Waals surface area contributed by atoms with Gasteiger partial charge in [-0.05, 0) is 48.3 Å². The molecule has 0 N–H and O–H groups in total. The Morgan fingerprint density at radius 2 is 1.75 bits per heavy atom. The molecule has 0 saturated heterocycles. The normalized spacial score (nSPS) is 12.6. The summed E-state index contributed by atoms with van der Waals surface area (Å²) in [5, 5.41) is 0.228. The highest BCUT2D eigenvalue weighted by Crippen LogP contribution is 2.37. The Morgan fingerprint density at radius 3 is 2.30 bits per heavy atom. The molecule has 3 nitrogen and oxygen atoms in total. The van der Waals surface area contributed by atoms with Crippen molar-refractivity contribution in [1.29, 1.82) is 0 Å². The van der Waals surface area contributed by atoms with Crippen LogP contribution in [-0.2, 0) is 15.8 Å². The number of ether oxygens (including phenoxy) is 2. The molecule has 1 rings (SSSR count). The minimum Gasteiger partial charge on any atom is -0.468 e. The summed E-state index contributed by atoms with van der Waals surface area (Å²) in [6.45, 7) is 14.3. The van der Waals surface area contributed by atoms with Crippen LogP contribution in [0.5, 0.6) is 5.75 Å². The standard InChI is InChI=1S/C16H28O3Si/c1-13-8-14(10-15(9-13)18-12-17-5)11-19-20(6,7)16(2,3)4/h8-10H,11-12H2,1-7H3. The minimum atomic E-state index is -1.71. The van der Waals surface area contributed by atoms with Gasteiger partial charge in [-0.2, -0.15) is 0 Å². The Balaban J connectivity index is 2.75. The predicted molar refractivity (Wildman–Crippen MR) is 85.7 cm³/mol. The predicted octanol–water partition coefficient (Wildman–Crippen LogP) is 4.50. The van der Waals surface area contributed by atoms with Crippen LogP contribution in [0.1, 0.15) is 31.9 Å². The first-order valence-electron chi connectivity index (χ1n) is 7.02. The highest BCUT2D eigenvalue weighted by atomic mass is 28.4. The van der Waals surface area contributed by atoms with Crippen molar-refractivity contribution in [2.75, 3.05) is 13.9 Å². The minimum absolute atomic E-state index is 0.228. The molecular weight excluding hydrogens is 268 g/mol. The molecule has 0 spiro atoms. The van der Waals surface area contributed by atoms with Gasteiger partial charge < -0.3 is 13.9 Å². The fraction of sp³-hybridized carbons (Fsp3) is 0.625. The summed E-state index contributed by atoms with van der Waals surface area (Å²) in [6.07, 6.45) is 0. The van der Waals surface area contributed by atoms with E-state index in [1.807, 2.05) is 12.1 Å². The SMILES string of the molecule is COCOc1cc(C)cc(CO[Si](C)(C)C(C)(C)C)c1. The van der Waals surface area contributed by atoms with Crippen LogP contribution < -0.4 is 4.74 Å². The molecule has 0 aromatic heterocycles. The van der Waals surface area contributed by atoms with E-state index in [1.165, 1.54) is 5.56 Å². The maximum absolute atomic E-state index is 6.25. The lowest BCUT2D eigenvalue weighted by molar-refractivity contribution is 0.0510. The molecular formula is C16H28O3Si. The summed E-state index contributed by atoms with van der Waals surface area (Å²) in [7, 11) is -0.0911. The van der Waals surface area contributed by atoms with Gasteiger partial charge in [-0.25, -0.2) is 0 Å². The highest BCUT2D eigenvalue weighted by molar-refractivity contribution is 6.74. The van der Waals surface area contributed by atoms with Crippen LogP contribution in [0.2, 0.25) is 18.1 Å². The van der Waals surface area contributed by atoms with Crippen LogP contribution in [0.25, 0.3) is 0 Å². The molecule has 0 bridgehead atoms. The van der Waals surface area contributed by atoms with Crippen LogP contribution in [0.15, 0.2) is 18.2 Å². The van der Waals surface area contributed by atoms with Crippen molar-refractivity contribution in [2.24, 2.45) is 0 Å². The van der Waals surface area contributed by atoms with Gasteiger partial charge in [-0.1, -0.05) is 26.8 Å². The van der Waals surface area contributed by atoms with Gasteiger partial charge in [0.2, 0.25) is 0 Å². The molecule has 0 aliphatic carbocycles. The van der Waals surface area contributed by atoms with Gasteiger partial charge in [0, 0.05) is 7.11 Å². The molecule has 0 radical (unpaired) electrons. The van der Waals surface area contributed by atoms with Crippen molar-refractivity contribution in [3.63, 3.8) is 0 Å². The average Bonchev–Trinajstić information content (AvgIpc) is 2.32. The van der Waals surface area contributed by atoms with Crippen molar-refractivity contribution in [2.45, 2.75) is 52.4 Å². The number of benzene rings is 1. The summed E-state index contributed by atoms with van der Waals surface area (Å²) in [4.78, 5) is 0. The number of aryl methyl sites for hydroxylation is 1. The largest absolute Gasteiger partial charge is 0.468 e. The topological polar surface area (TPSA) is 27.7 Å². The van der Waals surface area contributed by atoms with E-state index in [9.17, 15) is 0 Å². The lowest BCUT2D eigenvalue weighted by atomic mass is 10.1. The zero-order valence-electron chi connectivity index (χ0n) is 13.9. The smallest absolute Gasteiger partial charge is 0.192 e. The third kappa shape index (κ3) is 4.92. The summed E-state index contributed by atoms with van der Waals surface area (Å²) in [5.74, 6) is 0.834. The number of hydrogen-bond acceptors (Lipinski definition) is 3. The van der Waals surface area contributed by atoms with Gasteiger partial charge in [0.15, 0.2) is 15.1 Å². The zero-order valence-corrected chi connectivity index (χ0v) is 14.9. The summed E-state index contributed by atoms with van der Waals surface area (Å²) in [5.41, 5.74) is 2.33. The van der Waals surface area contributed by atoms with E-state index in [0.29, 0.717) is 6.61 Å². The van der Waals surface area contributed by atoms with Gasteiger partial charge in [0.25, 0.3) is 0 Å². The van der Waals surface area contributed by atoms with Crippen LogP contribution in [0, 0.1) is 6.92 Å². The molecule has 4 heteroatoms. The maximum atomic E-state index is 6.25. The van der Waals surface area contributed by atoms with Gasteiger partial charge in [-0.3, -0.25) is 0 Å². The molecule has 0 heterocycles. The molecule has 114 valence electrons. The molecule has 0 fully saturated rings. The molecule has 0 aliphatic heterocycles. The molecule has 0 amide bonds. The van der Waals surface area contributed by atoms with Crippen molar-refractivity contribution >= 4 is 8.32 Å². The van der Waals surface area contributed by atoms with E-state index < -0.39 is 8.32 Å². The van der Waals surface area contributed by atoms with Crippen LogP contribution in [0.4, 0.5) is 0 Å². The Bertz CT molecular complexity index is 436. The molecule has 1 aromatic rings. The van der Waals surface area contributed by atoms with E-state index in [2.05, 4.69) is 46.9 Å². The van der Waals surface area contributed by atoms with E-state index in [4.69, 9.17) is 13.9 Å². The Labute approximate surface area is 124 Å². The molecule has 20 heavy (non-hydrogen) atoms. The first-order chi connectivity index (χ1) is 9.15. The monoisotopic (exact) mass is 296 g/mol. The summed E-state index contributed by atoms with van der Waals surface area (Å²) in [6, 6.07) is 6.18. The maximum Gasteiger partial charge on any atom is 0.192 e. The first kappa shape index (κ1) is 17.2. The second-order valence-electron chi connectivity index (χ2n) is 6.75. The lowest BCUT2D eigenvalue weighted by Gasteiger charge is -2.36. The zero-order chi connectivity index (χ0) is 15.4. The lowest BCUT2D eigenvalue weighted by Crippen LogP contribution is -2.40. The van der Waals surface area contributed by atoms with Crippen molar-refractivity contribution in [1.82, 2.24) is 0 Å². The molecule has 0 saturated carbocycles. The van der Waals surface area contributed by atoms with Crippen molar-refractivity contribution < 1.29 is 13.9 Å². The fourth-order valence-electron chi connectivity index (χ4n) is 1.60. The summed E-state index contributed by atoms with van der Waals surface area (Å²) < 4.78 is 16.7. The number of hydrogen-bond donors (Lipinski definition) is 0. The van der Waals surface area contributed by atoms with E-state index in [1.54, 1.807) is 7.11 Å². The van der Waals surface area contributed by atoms with E-state index in [-0.39, 0.29) is 11.8 Å². The van der Waals surface area contributed by atoms with Gasteiger partial charge in [0.1, 0.15) is 5.75 Å². The summed E-state index contributed by atoms with van der Waals surface area (Å²) >= 11 is 0. The van der Waals surface area contributed by atoms with Crippen LogP contribution >= 0.6 is 0 Å². The van der Waals surface area contributed by atoms with Gasteiger partial charge >= 0.3 is 0 Å². The number of methoxy groups -OCH3 is 1. The number of rotatable bonds is 6. The quantitative estimate of drug-likeness (QED) is 0.571. The van der Waals surface area contributed by atoms with Crippen molar-refractivity contribution in [3.05, 3.63) is 29.3 Å². The molecule has 0 unspecified atom stereocenters. The fourth-order valence-corrected chi connectivity index (χ4v) is 2.56. The molecule has 0 aliphatic rings. The molecule has 0 atom stereocenters. The highest BCUT2D eigenvalue weighted by Gasteiger charge is 2.37. The average molecular weight is 296 g/mol. The third-order valence-electron chi connectivity index (χ3n) is 3.86. The first-order valence-corrected chi connectivity index (χ1v) is 9.93. The van der Waals surface area contributed by atoms with Gasteiger partial charge in [-0.15, -0.1) is 0 Å².